The number of nitrogens with zero attached hydrogens (tertiary/aromatic N) is 1. The predicted molar refractivity (Wildman–Crippen MR) is 52.8 cm³/mol. The van der Waals surface area contributed by atoms with Crippen LogP contribution in [0.1, 0.15) is 20.3 Å². The van der Waals surface area contributed by atoms with Gasteiger partial charge in [-0.05, 0) is 13.3 Å². The average Bonchev–Trinajstić information content (AvgIpc) is 2.19. The van der Waals surface area contributed by atoms with Crippen LogP contribution in [0.25, 0.3) is 0 Å². The lowest BCUT2D eigenvalue weighted by molar-refractivity contribution is -0.0770. The maximum Gasteiger partial charge on any atom is 0.143 e. The molecule has 3 atom stereocenters. The van der Waals surface area contributed by atoms with Gasteiger partial charge < -0.3 is 14.8 Å². The standard InChI is InChI=1S/C10H18N2O2/c1-3-9(4-11)13-7-10-6-12-5-8(2)14-10/h8-10,12H,3,5-7H2,1-2H3. The van der Waals surface area contributed by atoms with Gasteiger partial charge in [-0.2, -0.15) is 5.26 Å². The molecule has 4 heteroatoms. The number of ether oxygens (including phenoxy) is 2. The van der Waals surface area contributed by atoms with E-state index in [9.17, 15) is 0 Å². The molecule has 0 aromatic heterocycles. The Balaban J connectivity index is 2.20. The van der Waals surface area contributed by atoms with E-state index in [1.54, 1.807) is 0 Å². The molecule has 1 aliphatic heterocycles. The maximum absolute atomic E-state index is 8.68. The Morgan fingerprint density at radius 1 is 1.64 bits per heavy atom. The second-order valence-corrected chi connectivity index (χ2v) is 3.59. The molecule has 1 aliphatic rings. The van der Waals surface area contributed by atoms with E-state index in [0.717, 1.165) is 19.5 Å². The van der Waals surface area contributed by atoms with Crippen molar-refractivity contribution < 1.29 is 9.47 Å². The summed E-state index contributed by atoms with van der Waals surface area (Å²) in [5.41, 5.74) is 0. The van der Waals surface area contributed by atoms with Gasteiger partial charge in [0, 0.05) is 13.1 Å². The SMILES string of the molecule is CCC(C#N)OCC1CNCC(C)O1. The first-order valence-corrected chi connectivity index (χ1v) is 5.13. The highest BCUT2D eigenvalue weighted by atomic mass is 16.5. The van der Waals surface area contributed by atoms with E-state index in [0.29, 0.717) is 6.61 Å². The van der Waals surface area contributed by atoms with Gasteiger partial charge in [0.2, 0.25) is 0 Å². The van der Waals surface area contributed by atoms with E-state index in [1.165, 1.54) is 0 Å². The van der Waals surface area contributed by atoms with Crippen LogP contribution in [0.3, 0.4) is 0 Å². The van der Waals surface area contributed by atoms with Crippen molar-refractivity contribution in [1.29, 1.82) is 5.26 Å². The molecule has 0 bridgehead atoms. The number of morpholine rings is 1. The van der Waals surface area contributed by atoms with Crippen LogP contribution in [0.5, 0.6) is 0 Å². The quantitative estimate of drug-likeness (QED) is 0.722. The number of nitrogens with one attached hydrogen (secondary N) is 1. The smallest absolute Gasteiger partial charge is 0.143 e. The Morgan fingerprint density at radius 2 is 2.43 bits per heavy atom. The molecule has 14 heavy (non-hydrogen) atoms. The van der Waals surface area contributed by atoms with Crippen LogP contribution in [-0.2, 0) is 9.47 Å². The molecule has 0 spiro atoms. The zero-order valence-corrected chi connectivity index (χ0v) is 8.82. The first kappa shape index (κ1) is 11.4. The molecule has 1 fully saturated rings. The Hall–Kier alpha value is -0.630. The molecule has 0 radical (unpaired) electrons. The molecule has 0 aromatic carbocycles. The Bertz CT molecular complexity index is 203. The van der Waals surface area contributed by atoms with Gasteiger partial charge in [-0.3, -0.25) is 0 Å². The molecule has 0 aliphatic carbocycles. The van der Waals surface area contributed by atoms with Crippen LogP contribution in [0, 0.1) is 11.3 Å². The molecule has 0 saturated carbocycles. The van der Waals surface area contributed by atoms with E-state index < -0.39 is 0 Å². The van der Waals surface area contributed by atoms with E-state index >= 15 is 0 Å². The highest BCUT2D eigenvalue weighted by Crippen LogP contribution is 2.05. The van der Waals surface area contributed by atoms with Gasteiger partial charge in [0.05, 0.1) is 24.9 Å². The average molecular weight is 198 g/mol. The molecule has 3 unspecified atom stereocenters. The van der Waals surface area contributed by atoms with Gasteiger partial charge in [0.15, 0.2) is 0 Å². The van der Waals surface area contributed by atoms with Crippen molar-refractivity contribution in [2.75, 3.05) is 19.7 Å². The van der Waals surface area contributed by atoms with Crippen molar-refractivity contribution in [1.82, 2.24) is 5.32 Å². The third-order valence-corrected chi connectivity index (χ3v) is 2.23. The molecule has 0 aromatic rings. The molecule has 4 nitrogen and oxygen atoms in total. The third kappa shape index (κ3) is 3.62. The second kappa shape index (κ2) is 5.97. The molecular weight excluding hydrogens is 180 g/mol. The fraction of sp³-hybridized carbons (Fsp3) is 0.900. The summed E-state index contributed by atoms with van der Waals surface area (Å²) in [5.74, 6) is 0. The van der Waals surface area contributed by atoms with Crippen molar-refractivity contribution in [2.45, 2.75) is 38.6 Å². The molecule has 80 valence electrons. The van der Waals surface area contributed by atoms with Gasteiger partial charge in [-0.1, -0.05) is 6.92 Å². The number of rotatable bonds is 4. The molecule has 1 rings (SSSR count). The van der Waals surface area contributed by atoms with Crippen LogP contribution in [-0.4, -0.2) is 38.0 Å². The Morgan fingerprint density at radius 3 is 3.00 bits per heavy atom. The summed E-state index contributed by atoms with van der Waals surface area (Å²) in [5, 5.41) is 11.9. The fourth-order valence-electron chi connectivity index (χ4n) is 1.44. The van der Waals surface area contributed by atoms with E-state index in [1.807, 2.05) is 13.8 Å². The highest BCUT2D eigenvalue weighted by molar-refractivity contribution is 4.83. The van der Waals surface area contributed by atoms with Crippen molar-refractivity contribution in [3.63, 3.8) is 0 Å². The topological polar surface area (TPSA) is 54.3 Å². The lowest BCUT2D eigenvalue weighted by atomic mass is 10.2. The second-order valence-electron chi connectivity index (χ2n) is 3.59. The monoisotopic (exact) mass is 198 g/mol. The summed E-state index contributed by atoms with van der Waals surface area (Å²) in [6.45, 7) is 6.18. The van der Waals surface area contributed by atoms with Crippen LogP contribution < -0.4 is 5.32 Å². The van der Waals surface area contributed by atoms with Crippen LogP contribution in [0.15, 0.2) is 0 Å². The summed E-state index contributed by atoms with van der Waals surface area (Å²) < 4.78 is 11.0. The van der Waals surface area contributed by atoms with E-state index in [2.05, 4.69) is 11.4 Å². The largest absolute Gasteiger partial charge is 0.370 e. The van der Waals surface area contributed by atoms with Gasteiger partial charge >= 0.3 is 0 Å². The minimum Gasteiger partial charge on any atom is -0.370 e. The summed E-state index contributed by atoms with van der Waals surface area (Å²) >= 11 is 0. The molecular formula is C10H18N2O2. The van der Waals surface area contributed by atoms with Gasteiger partial charge in [0.1, 0.15) is 6.10 Å². The Labute approximate surface area is 85.2 Å². The number of hydrogen-bond acceptors (Lipinski definition) is 4. The predicted octanol–water partition coefficient (Wildman–Crippen LogP) is 0.682. The minimum atomic E-state index is -0.296. The van der Waals surface area contributed by atoms with Gasteiger partial charge in [-0.25, -0.2) is 0 Å². The van der Waals surface area contributed by atoms with Crippen molar-refractivity contribution in [3.05, 3.63) is 0 Å². The summed E-state index contributed by atoms with van der Waals surface area (Å²) in [6, 6.07) is 2.10. The zero-order chi connectivity index (χ0) is 10.4. The summed E-state index contributed by atoms with van der Waals surface area (Å²) in [4.78, 5) is 0. The molecule has 1 saturated heterocycles. The lowest BCUT2D eigenvalue weighted by Crippen LogP contribution is -2.45. The molecule has 1 N–H and O–H groups in total. The minimum absolute atomic E-state index is 0.0844. The molecule has 1 heterocycles. The van der Waals surface area contributed by atoms with Crippen molar-refractivity contribution in [3.8, 4) is 6.07 Å². The van der Waals surface area contributed by atoms with E-state index in [-0.39, 0.29) is 18.3 Å². The normalized spacial score (nSPS) is 29.5. The van der Waals surface area contributed by atoms with Crippen LogP contribution in [0.4, 0.5) is 0 Å². The first-order valence-electron chi connectivity index (χ1n) is 5.13. The fourth-order valence-corrected chi connectivity index (χ4v) is 1.44. The van der Waals surface area contributed by atoms with Gasteiger partial charge in [0.25, 0.3) is 0 Å². The number of nitriles is 1. The van der Waals surface area contributed by atoms with E-state index in [4.69, 9.17) is 14.7 Å². The molecule has 0 amide bonds. The summed E-state index contributed by atoms with van der Waals surface area (Å²) in [7, 11) is 0. The van der Waals surface area contributed by atoms with Crippen LogP contribution in [0.2, 0.25) is 0 Å². The van der Waals surface area contributed by atoms with Crippen molar-refractivity contribution >= 4 is 0 Å². The first-order chi connectivity index (χ1) is 6.76. The zero-order valence-electron chi connectivity index (χ0n) is 8.82. The lowest BCUT2D eigenvalue weighted by Gasteiger charge is -2.28. The maximum atomic E-state index is 8.68. The van der Waals surface area contributed by atoms with Gasteiger partial charge in [-0.15, -0.1) is 0 Å². The Kier molecular flexibility index (Phi) is 4.88. The summed E-state index contributed by atoms with van der Waals surface area (Å²) in [6.07, 6.45) is 0.753. The number of hydrogen-bond donors (Lipinski definition) is 1. The highest BCUT2D eigenvalue weighted by Gasteiger charge is 2.19. The van der Waals surface area contributed by atoms with Crippen LogP contribution >= 0.6 is 0 Å². The third-order valence-electron chi connectivity index (χ3n) is 2.23. The van der Waals surface area contributed by atoms with Crippen molar-refractivity contribution in [2.24, 2.45) is 0 Å².